The molecular weight excluding hydrogens is 565 g/mol. The molecule has 222 valence electrons. The van der Waals surface area contributed by atoms with Gasteiger partial charge in [-0.2, -0.15) is 5.10 Å². The lowest BCUT2D eigenvalue weighted by Crippen LogP contribution is -2.44. The van der Waals surface area contributed by atoms with Crippen molar-refractivity contribution in [1.82, 2.24) is 24.2 Å². The maximum atomic E-state index is 14.6. The molecule has 1 saturated carbocycles. The molecule has 2 atom stereocenters. The van der Waals surface area contributed by atoms with Crippen LogP contribution in [0.1, 0.15) is 55.4 Å². The maximum absolute atomic E-state index is 14.6. The van der Waals surface area contributed by atoms with E-state index in [1.165, 1.54) is 41.2 Å². The summed E-state index contributed by atoms with van der Waals surface area (Å²) in [5.74, 6) is -0.484. The number of aromatic nitrogens is 4. The van der Waals surface area contributed by atoms with Crippen molar-refractivity contribution in [3.8, 4) is 10.8 Å². The second kappa shape index (κ2) is 11.5. The zero-order valence-electron chi connectivity index (χ0n) is 23.3. The molecule has 1 saturated heterocycles. The van der Waals surface area contributed by atoms with Crippen LogP contribution in [-0.2, 0) is 16.1 Å². The summed E-state index contributed by atoms with van der Waals surface area (Å²) >= 11 is 1.24. The molecular formula is C29H32FN5O6S. The number of hydrogen-bond donors (Lipinski definition) is 2. The Hall–Kier alpha value is -3.81. The Morgan fingerprint density at radius 3 is 2.64 bits per heavy atom. The van der Waals surface area contributed by atoms with E-state index in [0.717, 1.165) is 4.57 Å². The number of rotatable bonds is 8. The fraction of sp³-hybridized carbons (Fsp3) is 0.448. The number of ether oxygens (including phenoxy) is 2. The minimum atomic E-state index is -0.948. The number of amides is 1. The Bertz CT molecular complexity index is 1740. The van der Waals surface area contributed by atoms with Gasteiger partial charge in [-0.1, -0.05) is 11.3 Å². The monoisotopic (exact) mass is 597 g/mol. The van der Waals surface area contributed by atoms with Crippen LogP contribution in [0.4, 0.5) is 4.39 Å². The average Bonchev–Trinajstić information content (AvgIpc) is 3.73. The van der Waals surface area contributed by atoms with Crippen LogP contribution in [0.25, 0.3) is 15.2 Å². The molecule has 11 nitrogen and oxygen atoms in total. The second-order valence-electron chi connectivity index (χ2n) is 10.8. The third-order valence-electron chi connectivity index (χ3n) is 8.15. The van der Waals surface area contributed by atoms with Gasteiger partial charge in [0.2, 0.25) is 5.91 Å². The number of methoxy groups -OCH3 is 1. The molecule has 6 rings (SSSR count). The molecule has 0 radical (unpaired) electrons. The number of benzene rings is 1. The Morgan fingerprint density at radius 1 is 1.19 bits per heavy atom. The lowest BCUT2D eigenvalue weighted by molar-refractivity contribution is -0.122. The first kappa shape index (κ1) is 28.3. The number of nitrogens with zero attached hydrogens (tertiary/aromatic N) is 4. The van der Waals surface area contributed by atoms with Gasteiger partial charge in [0, 0.05) is 30.1 Å². The zero-order chi connectivity index (χ0) is 29.5. The predicted octanol–water partition coefficient (Wildman–Crippen LogP) is 2.99. The van der Waals surface area contributed by atoms with Gasteiger partial charge in [-0.05, 0) is 63.3 Å². The Balaban J connectivity index is 1.55. The molecule has 0 spiro atoms. The number of carbonyl (C=O) groups excluding carboxylic acids is 1. The highest BCUT2D eigenvalue weighted by molar-refractivity contribution is 7.21. The summed E-state index contributed by atoms with van der Waals surface area (Å²) in [5.41, 5.74) is -0.138. The van der Waals surface area contributed by atoms with E-state index in [4.69, 9.17) is 9.47 Å². The van der Waals surface area contributed by atoms with Gasteiger partial charge in [-0.25, -0.2) is 18.4 Å². The van der Waals surface area contributed by atoms with E-state index >= 15 is 0 Å². The van der Waals surface area contributed by atoms with Gasteiger partial charge in [0.25, 0.3) is 5.56 Å². The van der Waals surface area contributed by atoms with Gasteiger partial charge in [-0.15, -0.1) is 0 Å². The van der Waals surface area contributed by atoms with Gasteiger partial charge in [0.05, 0.1) is 31.2 Å². The van der Waals surface area contributed by atoms with Crippen molar-refractivity contribution in [3.63, 3.8) is 0 Å². The van der Waals surface area contributed by atoms with Crippen LogP contribution in [-0.4, -0.2) is 55.8 Å². The van der Waals surface area contributed by atoms with E-state index < -0.39 is 35.3 Å². The summed E-state index contributed by atoms with van der Waals surface area (Å²) < 4.78 is 30.9. The number of fused-ring (bicyclic) bond motifs is 1. The van der Waals surface area contributed by atoms with Crippen molar-refractivity contribution >= 4 is 27.5 Å². The summed E-state index contributed by atoms with van der Waals surface area (Å²) in [6.07, 6.45) is 4.54. The van der Waals surface area contributed by atoms with Crippen molar-refractivity contribution in [1.29, 1.82) is 0 Å². The van der Waals surface area contributed by atoms with Crippen LogP contribution in [0.5, 0.6) is 5.75 Å². The van der Waals surface area contributed by atoms with Gasteiger partial charge in [0.1, 0.15) is 33.5 Å². The van der Waals surface area contributed by atoms with E-state index in [9.17, 15) is 23.9 Å². The minimum Gasteiger partial charge on any atom is -0.496 e. The van der Waals surface area contributed by atoms with Crippen LogP contribution in [0, 0.1) is 12.7 Å². The summed E-state index contributed by atoms with van der Waals surface area (Å²) in [6, 6.07) is 4.95. The van der Waals surface area contributed by atoms with Gasteiger partial charge >= 0.3 is 5.69 Å². The maximum Gasteiger partial charge on any atom is 0.332 e. The third-order valence-corrected chi connectivity index (χ3v) is 9.45. The van der Waals surface area contributed by atoms with E-state index in [-0.39, 0.29) is 18.6 Å². The third kappa shape index (κ3) is 5.05. The van der Waals surface area contributed by atoms with E-state index in [1.54, 1.807) is 30.1 Å². The molecule has 2 aliphatic rings. The average molecular weight is 598 g/mol. The number of nitrogens with one attached hydrogen (secondary N) is 1. The Kier molecular flexibility index (Phi) is 7.73. The normalized spacial score (nSPS) is 21.5. The molecule has 1 aliphatic heterocycles. The van der Waals surface area contributed by atoms with Crippen LogP contribution >= 0.6 is 11.3 Å². The lowest BCUT2D eigenvalue weighted by atomic mass is 9.94. The Morgan fingerprint density at radius 2 is 1.98 bits per heavy atom. The molecule has 0 unspecified atom stereocenters. The van der Waals surface area contributed by atoms with Crippen molar-refractivity contribution in [2.24, 2.45) is 0 Å². The van der Waals surface area contributed by atoms with Crippen LogP contribution < -0.4 is 21.3 Å². The fourth-order valence-electron chi connectivity index (χ4n) is 5.97. The largest absolute Gasteiger partial charge is 0.496 e. The Labute approximate surface area is 244 Å². The molecule has 13 heteroatoms. The summed E-state index contributed by atoms with van der Waals surface area (Å²) in [5, 5.41) is 18.1. The first-order valence-electron chi connectivity index (χ1n) is 14.0. The molecule has 2 fully saturated rings. The quantitative estimate of drug-likeness (QED) is 0.320. The van der Waals surface area contributed by atoms with Crippen molar-refractivity contribution in [2.75, 3.05) is 13.7 Å². The number of halogens is 1. The van der Waals surface area contributed by atoms with E-state index in [1.807, 2.05) is 0 Å². The van der Waals surface area contributed by atoms with Crippen LogP contribution in [0.3, 0.4) is 0 Å². The van der Waals surface area contributed by atoms with Crippen molar-refractivity contribution in [2.45, 2.75) is 69.9 Å². The first-order chi connectivity index (χ1) is 20.3. The smallest absolute Gasteiger partial charge is 0.332 e. The van der Waals surface area contributed by atoms with Gasteiger partial charge in [0.15, 0.2) is 0 Å². The molecule has 2 N–H and O–H groups in total. The fourth-order valence-corrected chi connectivity index (χ4v) is 7.22. The molecule has 1 aromatic carbocycles. The SMILES string of the molecule is COc1ccc(F)cc1[C@H](Cn1c(=O)n([C@H]2CCNC2=O)c(=O)c2c(C)c(-n3cccn3)sc21)O[C@H]1CC[C@@H](O)CC1. The summed E-state index contributed by atoms with van der Waals surface area (Å²) in [4.78, 5) is 41.2. The highest BCUT2D eigenvalue weighted by Gasteiger charge is 2.33. The molecule has 1 amide bonds. The topological polar surface area (TPSA) is 130 Å². The molecule has 42 heavy (non-hydrogen) atoms. The first-order valence-corrected chi connectivity index (χ1v) is 14.8. The van der Waals surface area contributed by atoms with Gasteiger partial charge < -0.3 is 19.9 Å². The number of carbonyl (C=O) groups is 1. The molecule has 3 aromatic heterocycles. The number of hydrogen-bond acceptors (Lipinski definition) is 8. The molecule has 1 aliphatic carbocycles. The second-order valence-corrected chi connectivity index (χ2v) is 11.7. The molecule has 4 aromatic rings. The minimum absolute atomic E-state index is 0.0681. The standard InChI is InChI=1S/C29H32FN5O6S/c1-16-24-26(38)35(21-10-12-31-25(21)37)29(39)33(28(24)42-27(16)34-13-3-11-32-34)15-23(41-19-7-5-18(36)6-8-19)20-14-17(30)4-9-22(20)40-2/h3-4,9,11,13-14,18-19,21,23,36H,5-8,10,12,15H2,1-2H3,(H,31,37)/t18-,19+,21-,23-/m0/s1. The summed E-state index contributed by atoms with van der Waals surface area (Å²) in [6.45, 7) is 2.08. The number of aryl methyl sites for hydroxylation is 1. The number of aliphatic hydroxyl groups is 1. The van der Waals surface area contributed by atoms with Crippen LogP contribution in [0.15, 0.2) is 46.2 Å². The zero-order valence-corrected chi connectivity index (χ0v) is 24.1. The predicted molar refractivity (Wildman–Crippen MR) is 154 cm³/mol. The molecule has 4 heterocycles. The van der Waals surface area contributed by atoms with Crippen molar-refractivity contribution < 1.29 is 23.8 Å². The summed E-state index contributed by atoms with van der Waals surface area (Å²) in [7, 11) is 1.48. The highest BCUT2D eigenvalue weighted by Crippen LogP contribution is 2.36. The van der Waals surface area contributed by atoms with Gasteiger partial charge in [-0.3, -0.25) is 14.2 Å². The van der Waals surface area contributed by atoms with Crippen LogP contribution in [0.2, 0.25) is 0 Å². The van der Waals surface area contributed by atoms with E-state index in [0.29, 0.717) is 70.7 Å². The molecule has 0 bridgehead atoms. The van der Waals surface area contributed by atoms with E-state index in [2.05, 4.69) is 10.4 Å². The highest BCUT2D eigenvalue weighted by atomic mass is 32.1. The lowest BCUT2D eigenvalue weighted by Gasteiger charge is -2.31. The number of thiophene rings is 1. The number of aliphatic hydroxyl groups excluding tert-OH is 1. The van der Waals surface area contributed by atoms with Crippen molar-refractivity contribution in [3.05, 3.63) is 74.4 Å².